The number of benzene rings is 2. The summed E-state index contributed by atoms with van der Waals surface area (Å²) >= 11 is 0. The van der Waals surface area contributed by atoms with Crippen LogP contribution in [0.4, 0.5) is 0 Å². The third-order valence-corrected chi connectivity index (χ3v) is 5.60. The van der Waals surface area contributed by atoms with Gasteiger partial charge >= 0.3 is 0 Å². The minimum Gasteiger partial charge on any atom is -0.390 e. The molecule has 0 spiro atoms. The fraction of sp³-hybridized carbons (Fsp3) is 0.520. The zero-order chi connectivity index (χ0) is 21.6. The van der Waals surface area contributed by atoms with Crippen molar-refractivity contribution in [2.24, 2.45) is 0 Å². The van der Waals surface area contributed by atoms with E-state index in [2.05, 4.69) is 86.4 Å². The monoisotopic (exact) mass is 605 g/mol. The molecule has 1 aliphatic rings. The Kier molecular flexibility index (Phi) is 27.8. The molecule has 6 nitrogen and oxygen atoms in total. The molecular weight excluding hydrogens is 564 g/mol. The topological polar surface area (TPSA) is 62.8 Å². The average molecular weight is 608 g/mol. The van der Waals surface area contributed by atoms with Gasteiger partial charge in [0.1, 0.15) is 0 Å². The van der Waals surface area contributed by atoms with E-state index in [1.807, 2.05) is 0 Å². The van der Waals surface area contributed by atoms with Gasteiger partial charge in [0.2, 0.25) is 0 Å². The van der Waals surface area contributed by atoms with Gasteiger partial charge in [-0.05, 0) is 11.1 Å². The molecule has 4 N–H and O–H groups in total. The molecule has 0 saturated carbocycles. The van der Waals surface area contributed by atoms with E-state index in [9.17, 15) is 5.11 Å². The SMILES string of the molecule is Cl.Cl.Cl.Cl.Cl.OC(CN1CCNCCNCCNCC1)CN(Cc1ccccc1)Cc1ccccc1. The Morgan fingerprint density at radius 2 is 1.03 bits per heavy atom. The zero-order valence-corrected chi connectivity index (χ0v) is 24.8. The number of hydrogen-bond donors (Lipinski definition) is 4. The number of hydrogen-bond acceptors (Lipinski definition) is 6. The van der Waals surface area contributed by atoms with E-state index in [1.54, 1.807) is 0 Å². The first-order valence-electron chi connectivity index (χ1n) is 11.6. The van der Waals surface area contributed by atoms with Crippen molar-refractivity contribution in [2.75, 3.05) is 65.4 Å². The molecule has 1 fully saturated rings. The van der Waals surface area contributed by atoms with Crippen molar-refractivity contribution in [3.63, 3.8) is 0 Å². The van der Waals surface area contributed by atoms with Gasteiger partial charge in [0, 0.05) is 78.5 Å². The Hall–Kier alpha value is -0.350. The molecule has 2 aromatic rings. The number of nitrogens with zero attached hydrogens (tertiary/aromatic N) is 2. The van der Waals surface area contributed by atoms with Gasteiger partial charge in [-0.15, -0.1) is 62.0 Å². The third kappa shape index (κ3) is 17.2. The molecule has 0 aromatic heterocycles. The molecule has 1 unspecified atom stereocenters. The highest BCUT2D eigenvalue weighted by Crippen LogP contribution is 2.11. The molecule has 0 bridgehead atoms. The number of halogens is 5. The minimum atomic E-state index is -0.387. The fourth-order valence-electron chi connectivity index (χ4n) is 4.02. The second-order valence-corrected chi connectivity index (χ2v) is 8.35. The number of nitrogens with one attached hydrogen (secondary N) is 3. The van der Waals surface area contributed by atoms with Crippen molar-refractivity contribution in [3.05, 3.63) is 71.8 Å². The van der Waals surface area contributed by atoms with Gasteiger partial charge in [-0.25, -0.2) is 0 Å². The predicted octanol–water partition coefficient (Wildman–Crippen LogP) is 3.24. The lowest BCUT2D eigenvalue weighted by Gasteiger charge is -2.30. The van der Waals surface area contributed by atoms with Crippen LogP contribution >= 0.6 is 62.0 Å². The van der Waals surface area contributed by atoms with Crippen LogP contribution in [-0.2, 0) is 13.1 Å². The maximum absolute atomic E-state index is 11.0. The van der Waals surface area contributed by atoms with Gasteiger partial charge in [-0.1, -0.05) is 60.7 Å². The highest BCUT2D eigenvalue weighted by atomic mass is 35.5. The van der Waals surface area contributed by atoms with Crippen LogP contribution in [0.1, 0.15) is 11.1 Å². The summed E-state index contributed by atoms with van der Waals surface area (Å²) in [6.07, 6.45) is -0.387. The summed E-state index contributed by atoms with van der Waals surface area (Å²) in [5.74, 6) is 0. The van der Waals surface area contributed by atoms with Gasteiger partial charge < -0.3 is 21.1 Å². The third-order valence-electron chi connectivity index (χ3n) is 5.60. The standard InChI is InChI=1S/C25H39N5O.5ClH/c31-25(21-29-17-15-27-13-11-26-12-14-28-16-18-29)22-30(19-23-7-3-1-4-8-23)20-24-9-5-2-6-10-24;;;;;/h1-10,25-28,31H,11-22H2;5*1H. The second-order valence-electron chi connectivity index (χ2n) is 8.35. The Balaban J connectivity index is -0.00000218. The normalized spacial score (nSPS) is 15.7. The molecule has 1 aliphatic heterocycles. The van der Waals surface area contributed by atoms with Crippen molar-refractivity contribution in [2.45, 2.75) is 19.2 Å². The fourth-order valence-corrected chi connectivity index (χ4v) is 4.02. The van der Waals surface area contributed by atoms with E-state index in [4.69, 9.17) is 0 Å². The smallest absolute Gasteiger partial charge is 0.0794 e. The van der Waals surface area contributed by atoms with E-state index >= 15 is 0 Å². The maximum Gasteiger partial charge on any atom is 0.0794 e. The summed E-state index contributed by atoms with van der Waals surface area (Å²) in [5, 5.41) is 21.4. The highest BCUT2D eigenvalue weighted by molar-refractivity contribution is 5.86. The van der Waals surface area contributed by atoms with E-state index in [0.29, 0.717) is 13.1 Å². The minimum absolute atomic E-state index is 0. The predicted molar refractivity (Wildman–Crippen MR) is 164 cm³/mol. The van der Waals surface area contributed by atoms with Gasteiger partial charge in [0.15, 0.2) is 0 Å². The van der Waals surface area contributed by atoms with Crippen LogP contribution in [0, 0.1) is 0 Å². The Bertz CT molecular complexity index is 667. The summed E-state index contributed by atoms with van der Waals surface area (Å²) in [5.41, 5.74) is 2.55. The Morgan fingerprint density at radius 3 is 1.44 bits per heavy atom. The van der Waals surface area contributed by atoms with Gasteiger partial charge in [0.05, 0.1) is 6.10 Å². The second kappa shape index (κ2) is 25.0. The lowest BCUT2D eigenvalue weighted by Crippen LogP contribution is -2.46. The molecular formula is C25H44Cl5N5O. The molecule has 1 saturated heterocycles. The Labute approximate surface area is 248 Å². The van der Waals surface area contributed by atoms with Crippen LogP contribution in [0.15, 0.2) is 60.7 Å². The largest absolute Gasteiger partial charge is 0.390 e. The molecule has 0 aliphatic carbocycles. The summed E-state index contributed by atoms with van der Waals surface area (Å²) in [7, 11) is 0. The van der Waals surface area contributed by atoms with Crippen LogP contribution in [0.25, 0.3) is 0 Å². The number of β-amino-alcohol motifs (C(OH)–C–C–N with tert-alkyl or cyclic N) is 1. The molecule has 3 rings (SSSR count). The lowest BCUT2D eigenvalue weighted by atomic mass is 10.1. The average Bonchev–Trinajstić information content (AvgIpc) is 2.77. The first-order chi connectivity index (χ1) is 15.3. The van der Waals surface area contributed by atoms with Gasteiger partial charge in [-0.2, -0.15) is 0 Å². The van der Waals surface area contributed by atoms with E-state index in [1.165, 1.54) is 11.1 Å². The molecule has 1 heterocycles. The molecule has 0 radical (unpaired) electrons. The summed E-state index contributed by atoms with van der Waals surface area (Å²) in [4.78, 5) is 4.73. The van der Waals surface area contributed by atoms with Crippen LogP contribution in [0.5, 0.6) is 0 Å². The molecule has 36 heavy (non-hydrogen) atoms. The molecule has 11 heteroatoms. The van der Waals surface area contributed by atoms with Crippen molar-refractivity contribution in [3.8, 4) is 0 Å². The van der Waals surface area contributed by atoms with Crippen molar-refractivity contribution < 1.29 is 5.11 Å². The molecule has 2 aromatic carbocycles. The molecule has 210 valence electrons. The summed E-state index contributed by atoms with van der Waals surface area (Å²) in [6, 6.07) is 21.1. The maximum atomic E-state index is 11.0. The van der Waals surface area contributed by atoms with Crippen molar-refractivity contribution >= 4 is 62.0 Å². The number of rotatable bonds is 8. The van der Waals surface area contributed by atoms with E-state index in [-0.39, 0.29) is 68.1 Å². The van der Waals surface area contributed by atoms with Crippen molar-refractivity contribution in [1.29, 1.82) is 0 Å². The lowest BCUT2D eigenvalue weighted by molar-refractivity contribution is 0.0686. The van der Waals surface area contributed by atoms with E-state index < -0.39 is 0 Å². The van der Waals surface area contributed by atoms with Crippen LogP contribution in [0.3, 0.4) is 0 Å². The first-order valence-corrected chi connectivity index (χ1v) is 11.6. The summed E-state index contributed by atoms with van der Waals surface area (Å²) in [6.45, 7) is 10.8. The van der Waals surface area contributed by atoms with Crippen LogP contribution in [0.2, 0.25) is 0 Å². The quantitative estimate of drug-likeness (QED) is 0.370. The van der Waals surface area contributed by atoms with Crippen LogP contribution < -0.4 is 16.0 Å². The highest BCUT2D eigenvalue weighted by Gasteiger charge is 2.16. The molecule has 0 amide bonds. The zero-order valence-electron chi connectivity index (χ0n) is 20.7. The van der Waals surface area contributed by atoms with Gasteiger partial charge in [0.25, 0.3) is 0 Å². The van der Waals surface area contributed by atoms with Crippen LogP contribution in [-0.4, -0.2) is 86.5 Å². The Morgan fingerprint density at radius 1 is 0.639 bits per heavy atom. The number of aliphatic hydroxyl groups is 1. The van der Waals surface area contributed by atoms with E-state index in [0.717, 1.165) is 65.4 Å². The number of aliphatic hydroxyl groups excluding tert-OH is 1. The first kappa shape index (κ1) is 40.2. The van der Waals surface area contributed by atoms with Crippen molar-refractivity contribution in [1.82, 2.24) is 25.8 Å². The van der Waals surface area contributed by atoms with Gasteiger partial charge in [-0.3, -0.25) is 9.80 Å². The summed E-state index contributed by atoms with van der Waals surface area (Å²) < 4.78 is 0. The molecule has 1 atom stereocenters.